The van der Waals surface area contributed by atoms with Gasteiger partial charge in [0.15, 0.2) is 5.78 Å². The Labute approximate surface area is 182 Å². The Kier molecular flexibility index (Phi) is 6.23. The molecule has 3 aromatic heterocycles. The number of nitrogens with zero attached hydrogens (tertiary/aromatic N) is 3. The van der Waals surface area contributed by atoms with Crippen LogP contribution in [0.3, 0.4) is 0 Å². The standard InChI is InChI=1S/C22H18N4O4S/c1-2-19(28)23-17-5-3-14(4-6-17)18(27)13-31-22-24-20(15-7-9-29-11-15)21(25-26-22)16-8-10-30-12-16/h3-12H,2,13H2,1H3,(H,23,28). The number of nitrogens with one attached hydrogen (secondary N) is 1. The van der Waals surface area contributed by atoms with E-state index in [2.05, 4.69) is 20.5 Å². The van der Waals surface area contributed by atoms with Crippen molar-refractivity contribution in [3.63, 3.8) is 0 Å². The Hall–Kier alpha value is -3.72. The zero-order chi connectivity index (χ0) is 21.6. The van der Waals surface area contributed by atoms with Crippen LogP contribution in [0.5, 0.6) is 0 Å². The lowest BCUT2D eigenvalue weighted by Crippen LogP contribution is -2.10. The van der Waals surface area contributed by atoms with E-state index < -0.39 is 0 Å². The average Bonchev–Trinajstić information content (AvgIpc) is 3.52. The summed E-state index contributed by atoms with van der Waals surface area (Å²) in [6.07, 6.45) is 6.64. The quantitative estimate of drug-likeness (QED) is 0.313. The van der Waals surface area contributed by atoms with E-state index in [1.54, 1.807) is 68.4 Å². The summed E-state index contributed by atoms with van der Waals surface area (Å²) >= 11 is 1.20. The monoisotopic (exact) mass is 434 g/mol. The summed E-state index contributed by atoms with van der Waals surface area (Å²) in [5, 5.41) is 11.6. The topological polar surface area (TPSA) is 111 Å². The number of rotatable bonds is 8. The number of carbonyl (C=O) groups is 2. The fourth-order valence-corrected chi connectivity index (χ4v) is 3.45. The Bertz CT molecular complexity index is 1170. The lowest BCUT2D eigenvalue weighted by atomic mass is 10.1. The van der Waals surface area contributed by atoms with Crippen molar-refractivity contribution in [3.05, 3.63) is 67.0 Å². The van der Waals surface area contributed by atoms with Gasteiger partial charge in [0.1, 0.15) is 11.4 Å². The van der Waals surface area contributed by atoms with Crippen LogP contribution in [0, 0.1) is 0 Å². The molecule has 0 saturated heterocycles. The molecule has 0 aliphatic rings. The van der Waals surface area contributed by atoms with Gasteiger partial charge >= 0.3 is 0 Å². The van der Waals surface area contributed by atoms with Crippen molar-refractivity contribution < 1.29 is 18.4 Å². The molecular weight excluding hydrogens is 416 g/mol. The van der Waals surface area contributed by atoms with Crippen LogP contribution in [0.1, 0.15) is 23.7 Å². The van der Waals surface area contributed by atoms with Gasteiger partial charge < -0.3 is 14.2 Å². The van der Waals surface area contributed by atoms with Gasteiger partial charge in [0.2, 0.25) is 11.1 Å². The van der Waals surface area contributed by atoms with Gasteiger partial charge in [0, 0.05) is 28.8 Å². The van der Waals surface area contributed by atoms with Crippen LogP contribution in [0.2, 0.25) is 0 Å². The lowest BCUT2D eigenvalue weighted by molar-refractivity contribution is -0.115. The molecule has 4 rings (SSSR count). The number of ketones is 1. The summed E-state index contributed by atoms with van der Waals surface area (Å²) in [7, 11) is 0. The molecule has 0 aliphatic carbocycles. The minimum Gasteiger partial charge on any atom is -0.472 e. The number of aromatic nitrogens is 3. The van der Waals surface area contributed by atoms with E-state index in [-0.39, 0.29) is 17.4 Å². The van der Waals surface area contributed by atoms with Crippen LogP contribution in [0.25, 0.3) is 22.5 Å². The van der Waals surface area contributed by atoms with E-state index in [0.29, 0.717) is 34.2 Å². The molecule has 156 valence electrons. The molecule has 0 spiro atoms. The molecular formula is C22H18N4O4S. The predicted molar refractivity (Wildman–Crippen MR) is 116 cm³/mol. The first-order valence-electron chi connectivity index (χ1n) is 9.50. The number of hydrogen-bond acceptors (Lipinski definition) is 8. The van der Waals surface area contributed by atoms with E-state index in [9.17, 15) is 9.59 Å². The van der Waals surface area contributed by atoms with Gasteiger partial charge in [-0.25, -0.2) is 4.98 Å². The third-order valence-corrected chi connectivity index (χ3v) is 5.24. The number of benzene rings is 1. The van der Waals surface area contributed by atoms with Gasteiger partial charge in [-0.15, -0.1) is 10.2 Å². The number of furan rings is 2. The van der Waals surface area contributed by atoms with Gasteiger partial charge in [-0.05, 0) is 36.4 Å². The molecule has 4 aromatic rings. The van der Waals surface area contributed by atoms with Crippen LogP contribution < -0.4 is 5.32 Å². The summed E-state index contributed by atoms with van der Waals surface area (Å²) in [4.78, 5) is 28.6. The van der Waals surface area contributed by atoms with E-state index in [0.717, 1.165) is 11.1 Å². The zero-order valence-corrected chi connectivity index (χ0v) is 17.4. The van der Waals surface area contributed by atoms with Crippen LogP contribution in [-0.2, 0) is 4.79 Å². The first-order chi connectivity index (χ1) is 15.1. The normalized spacial score (nSPS) is 10.7. The third-order valence-electron chi connectivity index (χ3n) is 4.40. The number of thioether (sulfide) groups is 1. The second-order valence-electron chi connectivity index (χ2n) is 6.51. The molecule has 31 heavy (non-hydrogen) atoms. The number of anilines is 1. The smallest absolute Gasteiger partial charge is 0.224 e. The fourth-order valence-electron chi connectivity index (χ4n) is 2.77. The van der Waals surface area contributed by atoms with Gasteiger partial charge in [0.25, 0.3) is 0 Å². The molecule has 0 radical (unpaired) electrons. The molecule has 1 amide bonds. The summed E-state index contributed by atoms with van der Waals surface area (Å²) in [5.41, 5.74) is 3.86. The van der Waals surface area contributed by atoms with Crippen molar-refractivity contribution in [2.75, 3.05) is 11.1 Å². The van der Waals surface area contributed by atoms with Crippen LogP contribution in [-0.4, -0.2) is 32.6 Å². The maximum absolute atomic E-state index is 12.6. The van der Waals surface area contributed by atoms with Crippen molar-refractivity contribution in [2.45, 2.75) is 18.5 Å². The minimum absolute atomic E-state index is 0.0772. The Morgan fingerprint density at radius 3 is 2.23 bits per heavy atom. The molecule has 1 aromatic carbocycles. The number of Topliss-reactive ketones (excluding diaryl/α,β-unsaturated/α-hetero) is 1. The molecule has 0 unspecified atom stereocenters. The highest BCUT2D eigenvalue weighted by atomic mass is 32.2. The Morgan fingerprint density at radius 2 is 1.61 bits per heavy atom. The largest absolute Gasteiger partial charge is 0.472 e. The van der Waals surface area contributed by atoms with Gasteiger partial charge in [-0.1, -0.05) is 18.7 Å². The summed E-state index contributed by atoms with van der Waals surface area (Å²) in [5.74, 6) is -0.00424. The molecule has 8 nitrogen and oxygen atoms in total. The summed E-state index contributed by atoms with van der Waals surface area (Å²) < 4.78 is 10.3. The van der Waals surface area contributed by atoms with Crippen LogP contribution in [0.15, 0.2) is 75.4 Å². The van der Waals surface area contributed by atoms with E-state index >= 15 is 0 Å². The first-order valence-corrected chi connectivity index (χ1v) is 10.5. The number of carbonyl (C=O) groups excluding carboxylic acids is 2. The molecule has 0 bridgehead atoms. The molecule has 0 atom stereocenters. The molecule has 0 aliphatic heterocycles. The highest BCUT2D eigenvalue weighted by Crippen LogP contribution is 2.30. The van der Waals surface area contributed by atoms with E-state index in [1.807, 2.05) is 0 Å². The van der Waals surface area contributed by atoms with Crippen molar-refractivity contribution in [1.29, 1.82) is 0 Å². The highest BCUT2D eigenvalue weighted by Gasteiger charge is 2.17. The second-order valence-corrected chi connectivity index (χ2v) is 7.45. The highest BCUT2D eigenvalue weighted by molar-refractivity contribution is 7.99. The second kappa shape index (κ2) is 9.40. The summed E-state index contributed by atoms with van der Waals surface area (Å²) in [6, 6.07) is 10.4. The number of hydrogen-bond donors (Lipinski definition) is 1. The fraction of sp³-hybridized carbons (Fsp3) is 0.136. The maximum Gasteiger partial charge on any atom is 0.224 e. The molecule has 9 heteroatoms. The predicted octanol–water partition coefficient (Wildman–Crippen LogP) is 4.72. The van der Waals surface area contributed by atoms with E-state index in [4.69, 9.17) is 8.83 Å². The van der Waals surface area contributed by atoms with Crippen molar-refractivity contribution >= 4 is 29.1 Å². The van der Waals surface area contributed by atoms with Crippen molar-refractivity contribution in [3.8, 4) is 22.5 Å². The molecule has 3 heterocycles. The lowest BCUT2D eigenvalue weighted by Gasteiger charge is -2.07. The SMILES string of the molecule is CCC(=O)Nc1ccc(C(=O)CSc2nnc(-c3ccoc3)c(-c3ccoc3)n2)cc1. The minimum atomic E-state index is -0.0780. The molecule has 1 N–H and O–H groups in total. The molecule has 0 fully saturated rings. The van der Waals surface area contributed by atoms with Crippen LogP contribution in [0.4, 0.5) is 5.69 Å². The van der Waals surface area contributed by atoms with Gasteiger partial charge in [-0.3, -0.25) is 9.59 Å². The Balaban J connectivity index is 1.48. The van der Waals surface area contributed by atoms with Gasteiger partial charge in [-0.2, -0.15) is 0 Å². The van der Waals surface area contributed by atoms with Crippen molar-refractivity contribution in [2.24, 2.45) is 0 Å². The zero-order valence-electron chi connectivity index (χ0n) is 16.6. The first kappa shape index (κ1) is 20.5. The summed E-state index contributed by atoms with van der Waals surface area (Å²) in [6.45, 7) is 1.78. The maximum atomic E-state index is 12.6. The third kappa shape index (κ3) is 4.89. The van der Waals surface area contributed by atoms with Crippen molar-refractivity contribution in [1.82, 2.24) is 15.2 Å². The number of amides is 1. The van der Waals surface area contributed by atoms with E-state index in [1.165, 1.54) is 11.8 Å². The average molecular weight is 434 g/mol. The molecule has 0 saturated carbocycles. The van der Waals surface area contributed by atoms with Gasteiger partial charge in [0.05, 0.1) is 30.8 Å². The van der Waals surface area contributed by atoms with Crippen LogP contribution >= 0.6 is 11.8 Å². The Morgan fingerprint density at radius 1 is 0.935 bits per heavy atom.